The second-order valence-corrected chi connectivity index (χ2v) is 22.1. The average molecular weight is 1150 g/mol. The number of rotatable bonds is 21. The first-order chi connectivity index (χ1) is 41.7. The van der Waals surface area contributed by atoms with Crippen molar-refractivity contribution in [2.24, 2.45) is 5.92 Å². The molecule has 0 fully saturated rings. The molecular weight excluding hydrogens is 1090 g/mol. The van der Waals surface area contributed by atoms with Crippen molar-refractivity contribution in [3.8, 4) is 67.5 Å². The Balaban J connectivity index is 0.792. The lowest BCUT2D eigenvalue weighted by Gasteiger charge is -2.18. The largest absolute Gasteiger partial charge is 0.384 e. The molecule has 0 spiro atoms. The van der Waals surface area contributed by atoms with Crippen LogP contribution in [0.5, 0.6) is 0 Å². The molecule has 0 bridgehead atoms. The summed E-state index contributed by atoms with van der Waals surface area (Å²) >= 11 is 0. The van der Waals surface area contributed by atoms with E-state index in [1.165, 1.54) is 24.3 Å². The molecule has 0 aliphatic rings. The van der Waals surface area contributed by atoms with Crippen LogP contribution in [0, 0.1) is 17.6 Å². The molecule has 22 heteroatoms. The number of carbonyl (C=O) groups excluding carboxylic acids is 2. The maximum atomic E-state index is 15.7. The molecule has 8 heterocycles. The SMILES string of the molecule is CCC(=O)Nc1cncc(-c2ccc3c(c2)c(-c2nc4c(-c5cc(F)cc(NCCN(C)C)c5)cncc4[nH]2)nn3CN(C)CCNc2cc(F)cc(-c3cncc4[nH]c(-c5n[nH]c6ccc(-c7cncc(NC(=O)CC(C)C)c7)cc56)nc34)c2)c1. The van der Waals surface area contributed by atoms with E-state index in [1.54, 1.807) is 56.5 Å². The van der Waals surface area contributed by atoms with Crippen molar-refractivity contribution in [2.45, 2.75) is 40.3 Å². The minimum absolute atomic E-state index is 0.0683. The number of carbonyl (C=O) groups is 2. The number of aromatic amines is 3. The van der Waals surface area contributed by atoms with E-state index in [9.17, 15) is 9.59 Å². The van der Waals surface area contributed by atoms with Gasteiger partial charge in [0.1, 0.15) is 23.0 Å². The summed E-state index contributed by atoms with van der Waals surface area (Å²) in [5, 5.41) is 27.2. The van der Waals surface area contributed by atoms with E-state index in [0.717, 1.165) is 50.6 Å². The molecule has 12 rings (SSSR count). The van der Waals surface area contributed by atoms with Gasteiger partial charge in [0.05, 0.1) is 75.9 Å². The Morgan fingerprint density at radius 1 is 0.570 bits per heavy atom. The molecule has 0 atom stereocenters. The number of H-pyrrole nitrogens is 3. The van der Waals surface area contributed by atoms with Gasteiger partial charge in [0.15, 0.2) is 11.6 Å². The normalized spacial score (nSPS) is 11.8. The molecule has 4 aromatic carbocycles. The fourth-order valence-corrected chi connectivity index (χ4v) is 10.5. The number of halogens is 2. The zero-order valence-corrected chi connectivity index (χ0v) is 48.2. The maximum absolute atomic E-state index is 15.7. The first-order valence-corrected chi connectivity index (χ1v) is 28.3. The second-order valence-electron chi connectivity index (χ2n) is 22.1. The maximum Gasteiger partial charge on any atom is 0.224 e. The minimum atomic E-state index is -0.431. The molecule has 20 nitrogen and oxygen atoms in total. The number of aromatic nitrogens is 12. The molecule has 7 N–H and O–H groups in total. The van der Waals surface area contributed by atoms with Crippen molar-refractivity contribution in [1.82, 2.24) is 69.6 Å². The van der Waals surface area contributed by atoms with Crippen LogP contribution in [0.4, 0.5) is 31.5 Å². The van der Waals surface area contributed by atoms with Crippen LogP contribution in [0.15, 0.2) is 135 Å². The zero-order chi connectivity index (χ0) is 59.6. The van der Waals surface area contributed by atoms with Crippen LogP contribution >= 0.6 is 0 Å². The van der Waals surface area contributed by atoms with Crippen molar-refractivity contribution in [1.29, 1.82) is 0 Å². The molecule has 0 saturated heterocycles. The molecule has 0 aliphatic carbocycles. The lowest BCUT2D eigenvalue weighted by Crippen LogP contribution is -2.28. The Morgan fingerprint density at radius 3 is 1.71 bits per heavy atom. The fourth-order valence-electron chi connectivity index (χ4n) is 10.5. The van der Waals surface area contributed by atoms with Gasteiger partial charge in [-0.2, -0.15) is 10.2 Å². The van der Waals surface area contributed by atoms with Gasteiger partial charge in [-0.1, -0.05) is 32.9 Å². The Kier molecular flexibility index (Phi) is 15.7. The third kappa shape index (κ3) is 12.2. The van der Waals surface area contributed by atoms with Crippen LogP contribution in [0.3, 0.4) is 0 Å². The van der Waals surface area contributed by atoms with Crippen LogP contribution in [0.1, 0.15) is 33.6 Å². The highest BCUT2D eigenvalue weighted by molar-refractivity contribution is 6.01. The average Bonchev–Trinajstić information content (AvgIpc) is 3.89. The molecule has 8 aromatic heterocycles. The van der Waals surface area contributed by atoms with Crippen molar-refractivity contribution in [3.63, 3.8) is 0 Å². The molecule has 0 saturated carbocycles. The number of likely N-dealkylation sites (N-methyl/N-ethyl adjacent to an activating group) is 2. The first-order valence-electron chi connectivity index (χ1n) is 28.3. The van der Waals surface area contributed by atoms with Gasteiger partial charge < -0.3 is 36.1 Å². The summed E-state index contributed by atoms with van der Waals surface area (Å²) < 4.78 is 32.8. The predicted octanol–water partition coefficient (Wildman–Crippen LogP) is 11.8. The van der Waals surface area contributed by atoms with E-state index < -0.39 is 5.82 Å². The second kappa shape index (κ2) is 24.1. The van der Waals surface area contributed by atoms with Gasteiger partial charge in [0.2, 0.25) is 11.8 Å². The Labute approximate surface area is 493 Å². The summed E-state index contributed by atoms with van der Waals surface area (Å²) in [5.74, 6) is 0.219. The number of benzene rings is 4. The highest BCUT2D eigenvalue weighted by Crippen LogP contribution is 2.37. The van der Waals surface area contributed by atoms with Gasteiger partial charge in [-0.25, -0.2) is 23.4 Å². The van der Waals surface area contributed by atoms with Gasteiger partial charge in [-0.15, -0.1) is 0 Å². The van der Waals surface area contributed by atoms with Crippen molar-refractivity contribution in [2.75, 3.05) is 68.6 Å². The van der Waals surface area contributed by atoms with Crippen LogP contribution in [0.2, 0.25) is 0 Å². The minimum Gasteiger partial charge on any atom is -0.384 e. The third-order valence-electron chi connectivity index (χ3n) is 14.7. The first kappa shape index (κ1) is 56.2. The lowest BCUT2D eigenvalue weighted by molar-refractivity contribution is -0.117. The number of amides is 2. The number of anilines is 4. The highest BCUT2D eigenvalue weighted by atomic mass is 19.1. The summed E-state index contributed by atoms with van der Waals surface area (Å²) in [5.41, 5.74) is 13.6. The zero-order valence-electron chi connectivity index (χ0n) is 48.2. The van der Waals surface area contributed by atoms with E-state index in [2.05, 4.69) is 71.2 Å². The van der Waals surface area contributed by atoms with Gasteiger partial charge >= 0.3 is 0 Å². The quantitative estimate of drug-likeness (QED) is 0.0354. The van der Waals surface area contributed by atoms with E-state index in [4.69, 9.17) is 15.1 Å². The summed E-state index contributed by atoms with van der Waals surface area (Å²) in [6.45, 7) is 8.57. The summed E-state index contributed by atoms with van der Waals surface area (Å²) in [4.78, 5) is 63.9. The molecular formula is C64H62F2N18O2. The smallest absolute Gasteiger partial charge is 0.224 e. The van der Waals surface area contributed by atoms with E-state index in [1.807, 2.05) is 100 Å². The number of hydrogen-bond donors (Lipinski definition) is 7. The number of fused-ring (bicyclic) bond motifs is 4. The van der Waals surface area contributed by atoms with E-state index >= 15 is 8.78 Å². The summed E-state index contributed by atoms with van der Waals surface area (Å²) in [6.07, 6.45) is 14.3. The van der Waals surface area contributed by atoms with Crippen molar-refractivity contribution < 1.29 is 18.4 Å². The number of nitrogens with zero attached hydrogens (tertiary/aromatic N) is 11. The number of pyridine rings is 4. The standard InChI is InChI=1S/C64H62F2N18O2/c1-7-57(85)73-47-21-42(28-67-29-47)38-9-11-56-50(24-38)62(64-76-55-34-70-32-52(60(55)78-64)39-17-43(65)25-45(19-39)71-12-14-82(4)5)81-84(56)35-83(6)15-13-72-46-20-40(18-44(66)26-46)51-31-69-33-54-59(51)77-63(75-54)61-49-23-37(8-10-53(49)79-80-61)41-22-48(30-68-27-41)74-58(86)16-36(2)3/h8-11,17-34,36,71-72H,7,12-16,35H2,1-6H3,(H,73,85)(H,74,86)(H,75,77)(H,76,78)(H,79,80). The molecule has 12 aromatic rings. The number of hydrogen-bond acceptors (Lipinski definition) is 14. The lowest BCUT2D eigenvalue weighted by atomic mass is 10.0. The molecule has 2 amide bonds. The van der Waals surface area contributed by atoms with Gasteiger partial charge in [0, 0.05) is 108 Å². The topological polar surface area (TPSA) is 244 Å². The van der Waals surface area contributed by atoms with Crippen LogP contribution < -0.4 is 21.3 Å². The highest BCUT2D eigenvalue weighted by Gasteiger charge is 2.22. The monoisotopic (exact) mass is 1150 g/mol. The Bertz CT molecular complexity index is 4510. The van der Waals surface area contributed by atoms with E-state index in [-0.39, 0.29) is 23.5 Å². The number of imidazole rings is 2. The third-order valence-corrected chi connectivity index (χ3v) is 14.7. The van der Waals surface area contributed by atoms with Crippen molar-refractivity contribution >= 4 is 78.4 Å². The molecule has 0 radical (unpaired) electrons. The van der Waals surface area contributed by atoms with Crippen LogP contribution in [-0.2, 0) is 16.3 Å². The van der Waals surface area contributed by atoms with E-state index in [0.29, 0.717) is 129 Å². The molecule has 86 heavy (non-hydrogen) atoms. The molecule has 0 aliphatic heterocycles. The van der Waals surface area contributed by atoms with Gasteiger partial charge in [-0.05, 0) is 122 Å². The Hall–Kier alpha value is -10.3. The summed E-state index contributed by atoms with van der Waals surface area (Å²) in [6, 6.07) is 25.4. The summed E-state index contributed by atoms with van der Waals surface area (Å²) in [7, 11) is 5.96. The predicted molar refractivity (Wildman–Crippen MR) is 334 cm³/mol. The number of nitrogens with one attached hydrogen (secondary N) is 7. The Morgan fingerprint density at radius 2 is 1.12 bits per heavy atom. The fraction of sp³-hybridized carbons (Fsp3) is 0.219. The van der Waals surface area contributed by atoms with Crippen molar-refractivity contribution in [3.05, 3.63) is 146 Å². The van der Waals surface area contributed by atoms with Crippen LogP contribution in [-0.4, -0.2) is 129 Å². The van der Waals surface area contributed by atoms with Gasteiger partial charge in [-0.3, -0.25) is 39.5 Å². The van der Waals surface area contributed by atoms with Crippen LogP contribution in [0.25, 0.3) is 111 Å². The molecule has 434 valence electrons. The molecule has 0 unspecified atom stereocenters. The van der Waals surface area contributed by atoms with Gasteiger partial charge in [0.25, 0.3) is 0 Å².